The largest absolute Gasteiger partial charge is 0.465 e. The molecule has 0 bridgehead atoms. The molecule has 3 aromatic heterocycles. The Morgan fingerprint density at radius 2 is 2.03 bits per heavy atom. The van der Waals surface area contributed by atoms with E-state index in [4.69, 9.17) is 21.4 Å². The Bertz CT molecular complexity index is 1440. The monoisotopic (exact) mass is 493 g/mol. The summed E-state index contributed by atoms with van der Waals surface area (Å²) in [6, 6.07) is 8.94. The number of halogens is 1. The molecule has 0 fully saturated rings. The van der Waals surface area contributed by atoms with Crippen molar-refractivity contribution >= 4 is 39.9 Å². The van der Waals surface area contributed by atoms with Crippen molar-refractivity contribution < 1.29 is 14.3 Å². The van der Waals surface area contributed by atoms with E-state index in [1.807, 2.05) is 25.3 Å². The Morgan fingerprint density at radius 3 is 2.71 bits per heavy atom. The second-order valence-electron chi connectivity index (χ2n) is 7.91. The van der Waals surface area contributed by atoms with Gasteiger partial charge in [0.25, 0.3) is 0 Å². The number of hydrogen-bond donors (Lipinski definition) is 1. The highest BCUT2D eigenvalue weighted by Crippen LogP contribution is 2.44. The summed E-state index contributed by atoms with van der Waals surface area (Å²) >= 11 is 8.04. The number of fused-ring (bicyclic) bond motifs is 3. The summed E-state index contributed by atoms with van der Waals surface area (Å²) in [6.07, 6.45) is 3.27. The lowest BCUT2D eigenvalue weighted by Gasteiger charge is -2.15. The SMILES string of the molecule is COC(=O)c1ccc(-n2nc(-c3ccc(C)nc3)c3c2-c2sc(NC(C)=O)nc2CC3)c(Cl)c1. The summed E-state index contributed by atoms with van der Waals surface area (Å²) in [4.78, 5) is 33.6. The van der Waals surface area contributed by atoms with Crippen molar-refractivity contribution in [2.75, 3.05) is 12.4 Å². The van der Waals surface area contributed by atoms with Crippen molar-refractivity contribution in [1.82, 2.24) is 19.7 Å². The number of pyridine rings is 1. The Balaban J connectivity index is 1.72. The minimum absolute atomic E-state index is 0.173. The van der Waals surface area contributed by atoms with E-state index in [1.165, 1.54) is 25.4 Å². The standard InChI is InChI=1S/C24H20ClN5O3S/c1-12-4-5-15(11-26-12)20-16-7-8-18-22(34-24(28-18)27-13(2)31)21(16)30(29-20)19-9-6-14(10-17(19)25)23(32)33-3/h4-6,9-11H,7-8H2,1-3H3,(H,27,28,31). The molecule has 5 rings (SSSR count). The Kier molecular flexibility index (Phi) is 5.66. The third-order valence-corrected chi connectivity index (χ3v) is 6.89. The van der Waals surface area contributed by atoms with Crippen LogP contribution in [0.3, 0.4) is 0 Å². The molecular weight excluding hydrogens is 474 g/mol. The van der Waals surface area contributed by atoms with Gasteiger partial charge in [0.05, 0.1) is 45.3 Å². The van der Waals surface area contributed by atoms with Crippen molar-refractivity contribution in [3.05, 3.63) is 64.1 Å². The van der Waals surface area contributed by atoms with Crippen LogP contribution in [-0.2, 0) is 22.4 Å². The molecule has 0 saturated carbocycles. The smallest absolute Gasteiger partial charge is 0.337 e. The predicted molar refractivity (Wildman–Crippen MR) is 131 cm³/mol. The van der Waals surface area contributed by atoms with Crippen LogP contribution in [0.4, 0.5) is 5.13 Å². The van der Waals surface area contributed by atoms with Gasteiger partial charge in [-0.1, -0.05) is 22.9 Å². The van der Waals surface area contributed by atoms with Crippen LogP contribution in [0.25, 0.3) is 27.5 Å². The summed E-state index contributed by atoms with van der Waals surface area (Å²) in [7, 11) is 1.33. The number of carbonyl (C=O) groups is 2. The number of amides is 1. The van der Waals surface area contributed by atoms with Gasteiger partial charge in [-0.15, -0.1) is 0 Å². The average Bonchev–Trinajstić information content (AvgIpc) is 3.39. The number of benzene rings is 1. The molecule has 34 heavy (non-hydrogen) atoms. The highest BCUT2D eigenvalue weighted by Gasteiger charge is 2.30. The number of rotatable bonds is 4. The van der Waals surface area contributed by atoms with Gasteiger partial charge in [-0.25, -0.2) is 14.5 Å². The number of aryl methyl sites for hydroxylation is 2. The van der Waals surface area contributed by atoms with Crippen molar-refractivity contribution in [2.45, 2.75) is 26.7 Å². The zero-order valence-electron chi connectivity index (χ0n) is 18.7. The summed E-state index contributed by atoms with van der Waals surface area (Å²) in [5, 5.41) is 8.65. The fraction of sp³-hybridized carbons (Fsp3) is 0.208. The van der Waals surface area contributed by atoms with Gasteiger partial charge in [-0.3, -0.25) is 9.78 Å². The Labute approximate surface area is 204 Å². The number of aromatic nitrogens is 4. The minimum Gasteiger partial charge on any atom is -0.465 e. The number of esters is 1. The first kappa shape index (κ1) is 22.2. The lowest BCUT2D eigenvalue weighted by Crippen LogP contribution is -2.07. The fourth-order valence-electron chi connectivity index (χ4n) is 4.01. The summed E-state index contributed by atoms with van der Waals surface area (Å²) in [6.45, 7) is 3.40. The lowest BCUT2D eigenvalue weighted by molar-refractivity contribution is -0.114. The summed E-state index contributed by atoms with van der Waals surface area (Å²) < 4.78 is 6.61. The van der Waals surface area contributed by atoms with Gasteiger partial charge in [-0.2, -0.15) is 5.10 Å². The second-order valence-corrected chi connectivity index (χ2v) is 9.32. The first-order valence-corrected chi connectivity index (χ1v) is 11.8. The number of nitrogens with one attached hydrogen (secondary N) is 1. The Hall–Kier alpha value is -3.56. The van der Waals surface area contributed by atoms with Crippen molar-refractivity contribution in [1.29, 1.82) is 0 Å². The third-order valence-electron chi connectivity index (χ3n) is 5.57. The first-order chi connectivity index (χ1) is 16.4. The highest BCUT2D eigenvalue weighted by molar-refractivity contribution is 7.19. The third kappa shape index (κ3) is 3.86. The number of ether oxygens (including phenoxy) is 1. The number of carbonyl (C=O) groups excluding carboxylic acids is 2. The van der Waals surface area contributed by atoms with E-state index in [2.05, 4.69) is 15.3 Å². The molecule has 172 valence electrons. The number of hydrogen-bond acceptors (Lipinski definition) is 7. The minimum atomic E-state index is -0.466. The van der Waals surface area contributed by atoms with Crippen molar-refractivity contribution in [3.63, 3.8) is 0 Å². The van der Waals surface area contributed by atoms with E-state index >= 15 is 0 Å². The molecule has 4 aromatic rings. The zero-order valence-corrected chi connectivity index (χ0v) is 20.3. The molecule has 1 N–H and O–H groups in total. The van der Waals surface area contributed by atoms with Crippen LogP contribution < -0.4 is 5.32 Å². The van der Waals surface area contributed by atoms with Crippen LogP contribution in [0, 0.1) is 6.92 Å². The lowest BCUT2D eigenvalue weighted by atomic mass is 9.95. The molecular formula is C24H20ClN5O3S. The van der Waals surface area contributed by atoms with E-state index < -0.39 is 5.97 Å². The van der Waals surface area contributed by atoms with Crippen LogP contribution in [0.5, 0.6) is 0 Å². The summed E-state index contributed by atoms with van der Waals surface area (Å²) in [5.41, 5.74) is 6.45. The number of nitrogens with zero attached hydrogens (tertiary/aromatic N) is 4. The van der Waals surface area contributed by atoms with Crippen molar-refractivity contribution in [2.24, 2.45) is 0 Å². The van der Waals surface area contributed by atoms with Crippen LogP contribution in [0.1, 0.15) is 34.2 Å². The van der Waals surface area contributed by atoms with Gasteiger partial charge < -0.3 is 10.1 Å². The van der Waals surface area contributed by atoms with Gasteiger partial charge in [0.2, 0.25) is 5.91 Å². The highest BCUT2D eigenvalue weighted by atomic mass is 35.5. The zero-order chi connectivity index (χ0) is 24.0. The van der Waals surface area contributed by atoms with Crippen LogP contribution in [0.15, 0.2) is 36.5 Å². The topological polar surface area (TPSA) is 99.0 Å². The molecule has 1 amide bonds. The fourth-order valence-corrected chi connectivity index (χ4v) is 5.39. The van der Waals surface area contributed by atoms with Gasteiger partial charge in [0.15, 0.2) is 5.13 Å². The number of anilines is 1. The Morgan fingerprint density at radius 1 is 1.21 bits per heavy atom. The maximum atomic E-state index is 12.0. The molecule has 3 heterocycles. The molecule has 0 unspecified atom stereocenters. The predicted octanol–water partition coefficient (Wildman–Crippen LogP) is 4.86. The van der Waals surface area contributed by atoms with Gasteiger partial charge >= 0.3 is 5.97 Å². The number of methoxy groups -OCH3 is 1. The second kappa shape index (κ2) is 8.66. The van der Waals surface area contributed by atoms with E-state index in [0.29, 0.717) is 21.4 Å². The van der Waals surface area contributed by atoms with Crippen LogP contribution >= 0.6 is 22.9 Å². The summed E-state index contributed by atoms with van der Waals surface area (Å²) in [5.74, 6) is -0.639. The molecule has 8 nitrogen and oxygen atoms in total. The van der Waals surface area contributed by atoms with Crippen LogP contribution in [0.2, 0.25) is 5.02 Å². The van der Waals surface area contributed by atoms with Gasteiger partial charge in [-0.05, 0) is 50.1 Å². The molecule has 1 aliphatic carbocycles. The van der Waals surface area contributed by atoms with Crippen molar-refractivity contribution in [3.8, 4) is 27.5 Å². The molecule has 1 aromatic carbocycles. The molecule has 0 atom stereocenters. The van der Waals surface area contributed by atoms with Gasteiger partial charge in [0.1, 0.15) is 0 Å². The average molecular weight is 494 g/mol. The van der Waals surface area contributed by atoms with E-state index in [9.17, 15) is 9.59 Å². The van der Waals surface area contributed by atoms with E-state index in [-0.39, 0.29) is 5.91 Å². The van der Waals surface area contributed by atoms with Gasteiger partial charge in [0, 0.05) is 29.9 Å². The normalized spacial score (nSPS) is 12.1. The molecule has 0 aliphatic heterocycles. The maximum Gasteiger partial charge on any atom is 0.337 e. The quantitative estimate of drug-likeness (QED) is 0.407. The van der Waals surface area contributed by atoms with Crippen LogP contribution in [-0.4, -0.2) is 38.7 Å². The molecule has 0 radical (unpaired) electrons. The number of thiazole rings is 1. The van der Waals surface area contributed by atoms with E-state index in [0.717, 1.165) is 51.6 Å². The molecule has 10 heteroatoms. The molecule has 0 spiro atoms. The first-order valence-electron chi connectivity index (χ1n) is 10.6. The van der Waals surface area contributed by atoms with E-state index in [1.54, 1.807) is 22.9 Å². The maximum absolute atomic E-state index is 12.0. The molecule has 1 aliphatic rings. The molecule has 0 saturated heterocycles.